The molecule has 1 fully saturated rings. The largest absolute Gasteiger partial charge is 0.317 e. The monoisotopic (exact) mass is 233 g/mol. The van der Waals surface area contributed by atoms with Gasteiger partial charge in [-0.3, -0.25) is 0 Å². The van der Waals surface area contributed by atoms with Gasteiger partial charge in [0.15, 0.2) is 0 Å². The Bertz CT molecular complexity index is 287. The van der Waals surface area contributed by atoms with Gasteiger partial charge in [0.2, 0.25) is 0 Å². The van der Waals surface area contributed by atoms with Crippen LogP contribution >= 0.6 is 0 Å². The maximum atomic E-state index is 11.1. The summed E-state index contributed by atoms with van der Waals surface area (Å²) in [5.41, 5.74) is 0. The zero-order chi connectivity index (χ0) is 11.5. The van der Waals surface area contributed by atoms with Gasteiger partial charge in [-0.2, -0.15) is 0 Å². The molecule has 0 amide bonds. The molecular weight excluding hydrogens is 210 g/mol. The highest BCUT2D eigenvalue weighted by Gasteiger charge is 2.28. The van der Waals surface area contributed by atoms with Crippen molar-refractivity contribution in [1.82, 2.24) is 5.32 Å². The molecule has 1 saturated carbocycles. The van der Waals surface area contributed by atoms with Crippen molar-refractivity contribution in [2.24, 2.45) is 11.8 Å². The average Bonchev–Trinajstić information content (AvgIpc) is 2.51. The molecule has 0 bridgehead atoms. The fourth-order valence-electron chi connectivity index (χ4n) is 2.57. The van der Waals surface area contributed by atoms with E-state index in [4.69, 9.17) is 0 Å². The van der Waals surface area contributed by atoms with E-state index < -0.39 is 9.84 Å². The SMILES string of the molecule is CNC(CCS(C)(=O)=O)C1CCC(C)C1. The van der Waals surface area contributed by atoms with Crippen LogP contribution in [0.15, 0.2) is 0 Å². The van der Waals surface area contributed by atoms with Crippen LogP contribution in [0.2, 0.25) is 0 Å². The molecule has 1 aliphatic carbocycles. The highest BCUT2D eigenvalue weighted by molar-refractivity contribution is 7.90. The second kappa shape index (κ2) is 5.30. The van der Waals surface area contributed by atoms with Crippen LogP contribution in [0.1, 0.15) is 32.6 Å². The molecule has 1 aliphatic rings. The van der Waals surface area contributed by atoms with Gasteiger partial charge in [-0.1, -0.05) is 13.3 Å². The third-order valence-corrected chi connectivity index (χ3v) is 4.45. The molecule has 4 heteroatoms. The molecule has 0 aromatic heterocycles. The standard InChI is InChI=1S/C11H23NO2S/c1-9-4-5-10(8-9)11(12-2)6-7-15(3,13)14/h9-12H,4-8H2,1-3H3. The van der Waals surface area contributed by atoms with Crippen molar-refractivity contribution < 1.29 is 8.42 Å². The minimum absolute atomic E-state index is 0.309. The molecule has 0 saturated heterocycles. The Balaban J connectivity index is 2.42. The third kappa shape index (κ3) is 4.51. The molecule has 90 valence electrons. The van der Waals surface area contributed by atoms with Crippen LogP contribution in [0.3, 0.4) is 0 Å². The zero-order valence-corrected chi connectivity index (χ0v) is 10.8. The fraction of sp³-hybridized carbons (Fsp3) is 1.00. The average molecular weight is 233 g/mol. The summed E-state index contributed by atoms with van der Waals surface area (Å²) in [4.78, 5) is 0. The molecule has 0 radical (unpaired) electrons. The number of rotatable bonds is 5. The first-order chi connectivity index (χ1) is 6.92. The van der Waals surface area contributed by atoms with Crippen LogP contribution in [-0.4, -0.2) is 33.5 Å². The second-order valence-corrected chi connectivity index (χ2v) is 7.25. The third-order valence-electron chi connectivity index (χ3n) is 3.47. The van der Waals surface area contributed by atoms with E-state index in [-0.39, 0.29) is 0 Å². The molecule has 3 atom stereocenters. The van der Waals surface area contributed by atoms with Crippen molar-refractivity contribution in [1.29, 1.82) is 0 Å². The van der Waals surface area contributed by atoms with E-state index in [9.17, 15) is 8.42 Å². The summed E-state index contributed by atoms with van der Waals surface area (Å²) in [5.74, 6) is 1.79. The molecule has 1 N–H and O–H groups in total. The first-order valence-electron chi connectivity index (χ1n) is 5.77. The summed E-state index contributed by atoms with van der Waals surface area (Å²) in [5, 5.41) is 3.27. The Hall–Kier alpha value is -0.0900. The number of hydrogen-bond donors (Lipinski definition) is 1. The first-order valence-corrected chi connectivity index (χ1v) is 7.83. The van der Waals surface area contributed by atoms with Crippen LogP contribution in [0.25, 0.3) is 0 Å². The van der Waals surface area contributed by atoms with Crippen LogP contribution in [0.5, 0.6) is 0 Å². The lowest BCUT2D eigenvalue weighted by Crippen LogP contribution is -2.34. The van der Waals surface area contributed by atoms with Crippen LogP contribution in [0, 0.1) is 11.8 Å². The van der Waals surface area contributed by atoms with Crippen molar-refractivity contribution in [3.8, 4) is 0 Å². The zero-order valence-electron chi connectivity index (χ0n) is 9.99. The first kappa shape index (κ1) is 13.0. The normalized spacial score (nSPS) is 29.3. The summed E-state index contributed by atoms with van der Waals surface area (Å²) < 4.78 is 22.2. The molecule has 0 spiro atoms. The van der Waals surface area contributed by atoms with E-state index in [2.05, 4.69) is 12.2 Å². The van der Waals surface area contributed by atoms with Crippen molar-refractivity contribution in [2.75, 3.05) is 19.1 Å². The van der Waals surface area contributed by atoms with E-state index >= 15 is 0 Å². The molecule has 0 aromatic carbocycles. The molecule has 0 aromatic rings. The van der Waals surface area contributed by atoms with Gasteiger partial charge in [0, 0.05) is 12.3 Å². The summed E-state index contributed by atoms with van der Waals surface area (Å²) in [7, 11) is -0.872. The van der Waals surface area contributed by atoms with Gasteiger partial charge in [0.25, 0.3) is 0 Å². The molecule has 0 aliphatic heterocycles. The summed E-state index contributed by atoms with van der Waals surface area (Å²) in [6.07, 6.45) is 5.86. The lowest BCUT2D eigenvalue weighted by Gasteiger charge is -2.22. The molecule has 1 rings (SSSR count). The maximum Gasteiger partial charge on any atom is 0.147 e. The van der Waals surface area contributed by atoms with Crippen molar-refractivity contribution in [3.63, 3.8) is 0 Å². The van der Waals surface area contributed by atoms with Gasteiger partial charge in [-0.25, -0.2) is 8.42 Å². The summed E-state index contributed by atoms with van der Waals surface area (Å²) in [6.45, 7) is 2.28. The summed E-state index contributed by atoms with van der Waals surface area (Å²) in [6, 6.07) is 0.379. The Morgan fingerprint density at radius 2 is 2.07 bits per heavy atom. The predicted molar refractivity (Wildman–Crippen MR) is 63.7 cm³/mol. The Labute approximate surface area is 93.6 Å². The molecule has 15 heavy (non-hydrogen) atoms. The van der Waals surface area contributed by atoms with Gasteiger partial charge < -0.3 is 5.32 Å². The topological polar surface area (TPSA) is 46.2 Å². The quantitative estimate of drug-likeness (QED) is 0.781. The lowest BCUT2D eigenvalue weighted by atomic mass is 9.95. The summed E-state index contributed by atoms with van der Waals surface area (Å²) >= 11 is 0. The second-order valence-electron chi connectivity index (χ2n) is 4.99. The number of nitrogens with one attached hydrogen (secondary N) is 1. The van der Waals surface area contributed by atoms with Gasteiger partial charge in [-0.15, -0.1) is 0 Å². The van der Waals surface area contributed by atoms with Gasteiger partial charge in [0.05, 0.1) is 5.75 Å². The molecular formula is C11H23NO2S. The fourth-order valence-corrected chi connectivity index (χ4v) is 3.26. The van der Waals surface area contributed by atoms with Crippen molar-refractivity contribution >= 4 is 9.84 Å². The van der Waals surface area contributed by atoms with E-state index in [0.717, 1.165) is 12.3 Å². The van der Waals surface area contributed by atoms with E-state index in [1.807, 2.05) is 7.05 Å². The predicted octanol–water partition coefficient (Wildman–Crippen LogP) is 1.45. The van der Waals surface area contributed by atoms with Gasteiger partial charge in [0.1, 0.15) is 9.84 Å². The number of hydrogen-bond acceptors (Lipinski definition) is 3. The maximum absolute atomic E-state index is 11.1. The minimum atomic E-state index is -2.81. The molecule has 0 heterocycles. The minimum Gasteiger partial charge on any atom is -0.317 e. The van der Waals surface area contributed by atoms with Crippen molar-refractivity contribution in [2.45, 2.75) is 38.6 Å². The number of sulfone groups is 1. The Morgan fingerprint density at radius 1 is 1.40 bits per heavy atom. The highest BCUT2D eigenvalue weighted by Crippen LogP contribution is 2.33. The van der Waals surface area contributed by atoms with Gasteiger partial charge >= 0.3 is 0 Å². The highest BCUT2D eigenvalue weighted by atomic mass is 32.2. The van der Waals surface area contributed by atoms with E-state index in [1.54, 1.807) is 0 Å². The molecule has 3 nitrogen and oxygen atoms in total. The molecule has 3 unspecified atom stereocenters. The van der Waals surface area contributed by atoms with Crippen LogP contribution < -0.4 is 5.32 Å². The Kier molecular flexibility index (Phi) is 4.59. The smallest absolute Gasteiger partial charge is 0.147 e. The van der Waals surface area contributed by atoms with Crippen LogP contribution in [-0.2, 0) is 9.84 Å². The Morgan fingerprint density at radius 3 is 2.47 bits per heavy atom. The lowest BCUT2D eigenvalue weighted by molar-refractivity contribution is 0.361. The van der Waals surface area contributed by atoms with Crippen LogP contribution in [0.4, 0.5) is 0 Å². The van der Waals surface area contributed by atoms with E-state index in [1.165, 1.54) is 25.5 Å². The van der Waals surface area contributed by atoms with Gasteiger partial charge in [-0.05, 0) is 38.1 Å². The van der Waals surface area contributed by atoms with E-state index in [0.29, 0.717) is 17.7 Å². The van der Waals surface area contributed by atoms with Crippen molar-refractivity contribution in [3.05, 3.63) is 0 Å².